The van der Waals surface area contributed by atoms with Crippen molar-refractivity contribution < 1.29 is 22.3 Å². The topological polar surface area (TPSA) is 64.3 Å². The van der Waals surface area contributed by atoms with Gasteiger partial charge in [-0.1, -0.05) is 36.8 Å². The van der Waals surface area contributed by atoms with Crippen LogP contribution in [0.3, 0.4) is 0 Å². The molecule has 3 heterocycles. The van der Waals surface area contributed by atoms with Gasteiger partial charge in [-0.2, -0.15) is 13.2 Å². The molecule has 0 bridgehead atoms. The molecular formula is C30H31F3N4O2. The SMILES string of the molecule is Cc1cccc(-c2nc(CCOc3ccc(CC4CN(c5nccc(C(F)(F)F)n5)CC4C)cc3)c(C)o2)c1. The molecule has 1 saturated heterocycles. The number of aryl methyl sites for hydroxylation is 2. The second kappa shape index (κ2) is 11.1. The second-order valence-corrected chi connectivity index (χ2v) is 10.2. The Bertz CT molecular complexity index is 1420. The maximum Gasteiger partial charge on any atom is 0.433 e. The second-order valence-electron chi connectivity index (χ2n) is 10.2. The summed E-state index contributed by atoms with van der Waals surface area (Å²) in [6.07, 6.45) is -1.86. The Balaban J connectivity index is 1.14. The Hall–Kier alpha value is -3.88. The summed E-state index contributed by atoms with van der Waals surface area (Å²) >= 11 is 0. The molecule has 0 spiro atoms. The molecule has 0 saturated carbocycles. The third-order valence-electron chi connectivity index (χ3n) is 7.17. The summed E-state index contributed by atoms with van der Waals surface area (Å²) in [5.41, 5.74) is 3.24. The minimum atomic E-state index is -4.48. The van der Waals surface area contributed by atoms with Gasteiger partial charge in [-0.05, 0) is 68.0 Å². The molecule has 0 N–H and O–H groups in total. The van der Waals surface area contributed by atoms with E-state index in [1.54, 1.807) is 0 Å². The zero-order valence-electron chi connectivity index (χ0n) is 22.2. The molecule has 4 aromatic rings. The van der Waals surface area contributed by atoms with Crippen molar-refractivity contribution in [2.24, 2.45) is 11.8 Å². The van der Waals surface area contributed by atoms with Crippen LogP contribution in [0.25, 0.3) is 11.5 Å². The van der Waals surface area contributed by atoms with Crippen LogP contribution in [0.5, 0.6) is 5.75 Å². The van der Waals surface area contributed by atoms with E-state index in [1.165, 1.54) is 6.20 Å². The first kappa shape index (κ1) is 26.7. The van der Waals surface area contributed by atoms with Crippen molar-refractivity contribution in [1.29, 1.82) is 0 Å². The van der Waals surface area contributed by atoms with Crippen molar-refractivity contribution >= 4 is 5.95 Å². The third-order valence-corrected chi connectivity index (χ3v) is 7.17. The summed E-state index contributed by atoms with van der Waals surface area (Å²) in [5, 5.41) is 0. The van der Waals surface area contributed by atoms with Gasteiger partial charge < -0.3 is 14.1 Å². The molecule has 1 fully saturated rings. The van der Waals surface area contributed by atoms with E-state index in [4.69, 9.17) is 9.15 Å². The van der Waals surface area contributed by atoms with Gasteiger partial charge in [0.2, 0.25) is 11.8 Å². The lowest BCUT2D eigenvalue weighted by Crippen LogP contribution is -2.24. The van der Waals surface area contributed by atoms with Crippen LogP contribution in [-0.4, -0.2) is 34.6 Å². The van der Waals surface area contributed by atoms with Crippen molar-refractivity contribution in [3.05, 3.63) is 89.1 Å². The van der Waals surface area contributed by atoms with Gasteiger partial charge in [-0.3, -0.25) is 0 Å². The Labute approximate surface area is 225 Å². The average Bonchev–Trinajstić information content (AvgIpc) is 3.46. The highest BCUT2D eigenvalue weighted by Crippen LogP contribution is 2.32. The number of benzene rings is 2. The Morgan fingerprint density at radius 1 is 1.03 bits per heavy atom. The van der Waals surface area contributed by atoms with E-state index in [-0.39, 0.29) is 11.9 Å². The van der Waals surface area contributed by atoms with Crippen LogP contribution in [-0.2, 0) is 19.0 Å². The zero-order chi connectivity index (χ0) is 27.6. The minimum absolute atomic E-state index is 0.135. The first-order chi connectivity index (χ1) is 18.7. The van der Waals surface area contributed by atoms with Crippen LogP contribution >= 0.6 is 0 Å². The van der Waals surface area contributed by atoms with Crippen LogP contribution in [0.15, 0.2) is 65.2 Å². The maximum absolute atomic E-state index is 13.1. The van der Waals surface area contributed by atoms with Crippen LogP contribution in [0.2, 0.25) is 0 Å². The first-order valence-electron chi connectivity index (χ1n) is 13.1. The van der Waals surface area contributed by atoms with Crippen LogP contribution in [0.4, 0.5) is 19.1 Å². The Kier molecular flexibility index (Phi) is 7.59. The van der Waals surface area contributed by atoms with E-state index >= 15 is 0 Å². The molecule has 2 unspecified atom stereocenters. The molecule has 1 aliphatic heterocycles. The fourth-order valence-corrected chi connectivity index (χ4v) is 4.97. The molecule has 204 valence electrons. The molecule has 1 aliphatic rings. The van der Waals surface area contributed by atoms with Crippen molar-refractivity contribution in [3.63, 3.8) is 0 Å². The van der Waals surface area contributed by atoms with E-state index in [0.29, 0.717) is 37.9 Å². The highest BCUT2D eigenvalue weighted by molar-refractivity contribution is 5.54. The maximum atomic E-state index is 13.1. The molecule has 0 aliphatic carbocycles. The normalized spacial score (nSPS) is 17.5. The smallest absolute Gasteiger partial charge is 0.433 e. The number of anilines is 1. The van der Waals surface area contributed by atoms with E-state index in [0.717, 1.165) is 46.4 Å². The van der Waals surface area contributed by atoms with Crippen molar-refractivity contribution in [1.82, 2.24) is 15.0 Å². The first-order valence-corrected chi connectivity index (χ1v) is 13.1. The Morgan fingerprint density at radius 3 is 2.56 bits per heavy atom. The minimum Gasteiger partial charge on any atom is -0.493 e. The summed E-state index contributed by atoms with van der Waals surface area (Å²) in [5.74, 6) is 2.91. The molecule has 0 radical (unpaired) electrons. The van der Waals surface area contributed by atoms with Gasteiger partial charge in [0, 0.05) is 31.3 Å². The molecule has 39 heavy (non-hydrogen) atoms. The predicted molar refractivity (Wildman–Crippen MR) is 143 cm³/mol. The van der Waals surface area contributed by atoms with E-state index in [1.807, 2.05) is 61.2 Å². The molecule has 9 heteroatoms. The molecule has 5 rings (SSSR count). The predicted octanol–water partition coefficient (Wildman–Crippen LogP) is 6.70. The highest BCUT2D eigenvalue weighted by atomic mass is 19.4. The number of oxazole rings is 1. The fraction of sp³-hybridized carbons (Fsp3) is 0.367. The number of aromatic nitrogens is 3. The summed E-state index contributed by atoms with van der Waals surface area (Å²) < 4.78 is 51.0. The van der Waals surface area contributed by atoms with E-state index in [9.17, 15) is 13.2 Å². The van der Waals surface area contributed by atoms with Gasteiger partial charge in [-0.25, -0.2) is 15.0 Å². The standard InChI is InChI=1S/C30H31F3N4O2/c1-19-5-4-6-23(15-19)28-35-26(21(3)39-28)12-14-38-25-9-7-22(8-10-25)16-24-18-37(17-20(24)2)29-34-13-11-27(36-29)30(31,32)33/h4-11,13,15,20,24H,12,14,16-18H2,1-3H3. The molecule has 2 atom stereocenters. The molecule has 6 nitrogen and oxygen atoms in total. The van der Waals surface area contributed by atoms with Crippen LogP contribution in [0, 0.1) is 25.7 Å². The monoisotopic (exact) mass is 536 g/mol. The zero-order valence-corrected chi connectivity index (χ0v) is 22.2. The number of hydrogen-bond donors (Lipinski definition) is 0. The quantitative estimate of drug-likeness (QED) is 0.250. The van der Waals surface area contributed by atoms with Crippen molar-refractivity contribution in [3.8, 4) is 17.2 Å². The molecule has 2 aromatic carbocycles. The summed E-state index contributed by atoms with van der Waals surface area (Å²) in [6.45, 7) is 7.79. The van der Waals surface area contributed by atoms with Crippen LogP contribution < -0.4 is 9.64 Å². The summed E-state index contributed by atoms with van der Waals surface area (Å²) in [4.78, 5) is 14.3. The number of ether oxygens (including phenoxy) is 1. The lowest BCUT2D eigenvalue weighted by Gasteiger charge is -2.17. The molecule has 0 amide bonds. The van der Waals surface area contributed by atoms with Gasteiger partial charge in [0.25, 0.3) is 0 Å². The summed E-state index contributed by atoms with van der Waals surface area (Å²) in [7, 11) is 0. The lowest BCUT2D eigenvalue weighted by molar-refractivity contribution is -0.141. The summed E-state index contributed by atoms with van der Waals surface area (Å²) in [6, 6.07) is 17.0. The van der Waals surface area contributed by atoms with Gasteiger partial charge in [-0.15, -0.1) is 0 Å². The fourth-order valence-electron chi connectivity index (χ4n) is 4.97. The van der Waals surface area contributed by atoms with Crippen molar-refractivity contribution in [2.45, 2.75) is 39.8 Å². The molecular weight excluding hydrogens is 505 g/mol. The van der Waals surface area contributed by atoms with Gasteiger partial charge in [0.1, 0.15) is 17.2 Å². The number of hydrogen-bond acceptors (Lipinski definition) is 6. The number of alkyl halides is 3. The number of nitrogens with zero attached hydrogens (tertiary/aromatic N) is 4. The lowest BCUT2D eigenvalue weighted by atomic mass is 9.91. The number of rotatable bonds is 8. The average molecular weight is 537 g/mol. The highest BCUT2D eigenvalue weighted by Gasteiger charge is 2.35. The largest absolute Gasteiger partial charge is 0.493 e. The van der Waals surface area contributed by atoms with Gasteiger partial charge >= 0.3 is 6.18 Å². The third kappa shape index (κ3) is 6.41. The van der Waals surface area contributed by atoms with Gasteiger partial charge in [0.05, 0.1) is 12.3 Å². The molecule has 2 aromatic heterocycles. The van der Waals surface area contributed by atoms with Crippen molar-refractivity contribution in [2.75, 3.05) is 24.6 Å². The van der Waals surface area contributed by atoms with Crippen LogP contribution in [0.1, 0.15) is 35.2 Å². The number of halogens is 3. The van der Waals surface area contributed by atoms with E-state index < -0.39 is 11.9 Å². The van der Waals surface area contributed by atoms with E-state index in [2.05, 4.69) is 27.9 Å². The Morgan fingerprint density at radius 2 is 1.82 bits per heavy atom. The van der Waals surface area contributed by atoms with Gasteiger partial charge in [0.15, 0.2) is 0 Å².